The molecule has 2 aliphatic heterocycles. The smallest absolute Gasteiger partial charge is 0.265 e. The van der Waals surface area contributed by atoms with Crippen LogP contribution in [0.25, 0.3) is 6.08 Å². The van der Waals surface area contributed by atoms with Crippen LogP contribution in [0.3, 0.4) is 0 Å². The van der Waals surface area contributed by atoms with Gasteiger partial charge in [-0.05, 0) is 66.8 Å². The van der Waals surface area contributed by atoms with Gasteiger partial charge in [-0.25, -0.2) is 0 Å². The van der Waals surface area contributed by atoms with Crippen molar-refractivity contribution in [2.45, 2.75) is 43.8 Å². The van der Waals surface area contributed by atoms with Crippen molar-refractivity contribution in [3.05, 3.63) is 136 Å². The van der Waals surface area contributed by atoms with Crippen molar-refractivity contribution in [1.29, 1.82) is 0 Å². The molecule has 2 aliphatic rings. The summed E-state index contributed by atoms with van der Waals surface area (Å²) in [5.41, 5.74) is 6.06. The molecule has 1 N–H and O–H groups in total. The lowest BCUT2D eigenvalue weighted by Crippen LogP contribution is -2.44. The Morgan fingerprint density at radius 3 is 2.33 bits per heavy atom. The van der Waals surface area contributed by atoms with Crippen LogP contribution in [0.4, 0.5) is 5.69 Å². The maximum atomic E-state index is 13.7. The SMILES string of the molecule is Cc1cccc(CN2C(=O)C(=Cc3ccc(C(=O)NC4CCN(Cc5ccccc5)CC4)cc3)Sc3ccccc32)c1. The van der Waals surface area contributed by atoms with Gasteiger partial charge in [0.2, 0.25) is 0 Å². The molecule has 0 atom stereocenters. The number of likely N-dealkylation sites (tertiary alicyclic amines) is 1. The largest absolute Gasteiger partial charge is 0.349 e. The monoisotopic (exact) mass is 573 g/mol. The lowest BCUT2D eigenvalue weighted by atomic mass is 10.0. The fraction of sp³-hybridized carbons (Fsp3) is 0.222. The number of carbonyl (C=O) groups is 2. The number of hydrogen-bond acceptors (Lipinski definition) is 4. The number of amides is 2. The van der Waals surface area contributed by atoms with Gasteiger partial charge in [-0.3, -0.25) is 14.5 Å². The zero-order chi connectivity index (χ0) is 28.9. The van der Waals surface area contributed by atoms with Crippen LogP contribution in [-0.2, 0) is 17.9 Å². The molecule has 4 aromatic rings. The molecular formula is C36H35N3O2S. The molecule has 6 rings (SSSR count). The average molecular weight is 574 g/mol. The van der Waals surface area contributed by atoms with Gasteiger partial charge in [0.25, 0.3) is 11.8 Å². The number of rotatable bonds is 7. The second kappa shape index (κ2) is 12.8. The van der Waals surface area contributed by atoms with Gasteiger partial charge >= 0.3 is 0 Å². The Bertz CT molecular complexity index is 1590. The van der Waals surface area contributed by atoms with Crippen molar-refractivity contribution in [3.8, 4) is 0 Å². The van der Waals surface area contributed by atoms with Crippen molar-refractivity contribution in [1.82, 2.24) is 10.2 Å². The van der Waals surface area contributed by atoms with Crippen LogP contribution in [0.15, 0.2) is 113 Å². The first kappa shape index (κ1) is 28.0. The van der Waals surface area contributed by atoms with Gasteiger partial charge in [0.05, 0.1) is 17.1 Å². The third-order valence-electron chi connectivity index (χ3n) is 7.90. The second-order valence-corrected chi connectivity index (χ2v) is 12.2. The summed E-state index contributed by atoms with van der Waals surface area (Å²) in [6.45, 7) is 5.48. The van der Waals surface area contributed by atoms with Crippen LogP contribution in [0, 0.1) is 6.92 Å². The first-order valence-electron chi connectivity index (χ1n) is 14.5. The van der Waals surface area contributed by atoms with Crippen molar-refractivity contribution in [3.63, 3.8) is 0 Å². The standard InChI is InChI=1S/C36H35N3O2S/c1-26-8-7-11-29(22-26)25-39-32-12-5-6-13-33(32)42-34(36(39)41)23-27-14-16-30(17-15-27)35(40)37-31-18-20-38(21-19-31)24-28-9-3-2-4-10-28/h2-17,22-23,31H,18-21,24-25H2,1H3,(H,37,40). The Balaban J connectivity index is 1.10. The number of benzene rings is 4. The van der Waals surface area contributed by atoms with E-state index in [9.17, 15) is 9.59 Å². The number of aryl methyl sites for hydroxylation is 1. The molecule has 42 heavy (non-hydrogen) atoms. The van der Waals surface area contributed by atoms with Gasteiger partial charge < -0.3 is 10.2 Å². The average Bonchev–Trinajstić information content (AvgIpc) is 3.01. The summed E-state index contributed by atoms with van der Waals surface area (Å²) in [4.78, 5) is 32.7. The molecule has 0 aromatic heterocycles. The molecule has 0 bridgehead atoms. The van der Waals surface area contributed by atoms with Crippen LogP contribution >= 0.6 is 11.8 Å². The van der Waals surface area contributed by atoms with Crippen LogP contribution in [0.1, 0.15) is 45.5 Å². The number of para-hydroxylation sites is 1. The summed E-state index contributed by atoms with van der Waals surface area (Å²) in [7, 11) is 0. The highest BCUT2D eigenvalue weighted by molar-refractivity contribution is 8.04. The number of carbonyl (C=O) groups excluding carboxylic acids is 2. The predicted octanol–water partition coefficient (Wildman–Crippen LogP) is 7.07. The molecule has 0 unspecified atom stereocenters. The first-order chi connectivity index (χ1) is 20.5. The van der Waals surface area contributed by atoms with Crippen LogP contribution in [-0.4, -0.2) is 35.8 Å². The van der Waals surface area contributed by atoms with Crippen LogP contribution < -0.4 is 10.2 Å². The van der Waals surface area contributed by atoms with E-state index in [1.807, 2.05) is 65.6 Å². The summed E-state index contributed by atoms with van der Waals surface area (Å²) in [6.07, 6.45) is 3.82. The first-order valence-corrected chi connectivity index (χ1v) is 15.4. The minimum absolute atomic E-state index is 0.0133. The summed E-state index contributed by atoms with van der Waals surface area (Å²) in [5.74, 6) is -0.0577. The van der Waals surface area contributed by atoms with E-state index in [-0.39, 0.29) is 17.9 Å². The number of anilines is 1. The van der Waals surface area contributed by atoms with Gasteiger partial charge in [0, 0.05) is 36.1 Å². The Morgan fingerprint density at radius 1 is 0.857 bits per heavy atom. The van der Waals surface area contributed by atoms with Crippen molar-refractivity contribution < 1.29 is 9.59 Å². The number of piperidine rings is 1. The summed E-state index contributed by atoms with van der Waals surface area (Å²) >= 11 is 1.50. The summed E-state index contributed by atoms with van der Waals surface area (Å²) in [6, 6.07) is 34.6. The Labute approximate surface area is 252 Å². The summed E-state index contributed by atoms with van der Waals surface area (Å²) < 4.78 is 0. The van der Waals surface area contributed by atoms with Crippen LogP contribution in [0.5, 0.6) is 0 Å². The molecule has 212 valence electrons. The molecule has 6 heteroatoms. The molecule has 0 spiro atoms. The lowest BCUT2D eigenvalue weighted by Gasteiger charge is -2.32. The van der Waals surface area contributed by atoms with E-state index in [0.29, 0.717) is 17.0 Å². The van der Waals surface area contributed by atoms with E-state index in [1.165, 1.54) is 22.9 Å². The molecule has 2 heterocycles. The van der Waals surface area contributed by atoms with Gasteiger partial charge in [-0.2, -0.15) is 0 Å². The van der Waals surface area contributed by atoms with E-state index < -0.39 is 0 Å². The maximum absolute atomic E-state index is 13.7. The predicted molar refractivity (Wildman–Crippen MR) is 171 cm³/mol. The number of fused-ring (bicyclic) bond motifs is 1. The van der Waals surface area contributed by atoms with Crippen molar-refractivity contribution in [2.24, 2.45) is 0 Å². The van der Waals surface area contributed by atoms with Gasteiger partial charge in [0.15, 0.2) is 0 Å². The van der Waals surface area contributed by atoms with Crippen molar-refractivity contribution >= 4 is 35.3 Å². The maximum Gasteiger partial charge on any atom is 0.265 e. The minimum atomic E-state index is -0.0444. The molecule has 1 saturated heterocycles. The Kier molecular flexibility index (Phi) is 8.54. The zero-order valence-electron chi connectivity index (χ0n) is 23.8. The molecule has 2 amide bonds. The number of nitrogens with one attached hydrogen (secondary N) is 1. The Hall–Kier alpha value is -4.13. The molecule has 0 radical (unpaired) electrons. The van der Waals surface area contributed by atoms with E-state index in [1.54, 1.807) is 0 Å². The molecule has 0 aliphatic carbocycles. The summed E-state index contributed by atoms with van der Waals surface area (Å²) in [5, 5.41) is 3.23. The van der Waals surface area contributed by atoms with Crippen molar-refractivity contribution in [2.75, 3.05) is 18.0 Å². The van der Waals surface area contributed by atoms with Gasteiger partial charge in [-0.15, -0.1) is 0 Å². The zero-order valence-corrected chi connectivity index (χ0v) is 24.6. The normalized spacial score (nSPS) is 16.8. The van der Waals surface area contributed by atoms with Gasteiger partial charge in [-0.1, -0.05) is 96.2 Å². The Morgan fingerprint density at radius 2 is 1.57 bits per heavy atom. The van der Waals surface area contributed by atoms with E-state index in [4.69, 9.17) is 0 Å². The van der Waals surface area contributed by atoms with E-state index >= 15 is 0 Å². The number of thioether (sulfide) groups is 1. The lowest BCUT2D eigenvalue weighted by molar-refractivity contribution is -0.114. The molecule has 4 aromatic carbocycles. The fourth-order valence-electron chi connectivity index (χ4n) is 5.64. The molecule has 5 nitrogen and oxygen atoms in total. The minimum Gasteiger partial charge on any atom is -0.349 e. The number of nitrogens with zero attached hydrogens (tertiary/aromatic N) is 2. The van der Waals surface area contributed by atoms with Gasteiger partial charge in [0.1, 0.15) is 0 Å². The van der Waals surface area contributed by atoms with E-state index in [2.05, 4.69) is 65.7 Å². The highest BCUT2D eigenvalue weighted by Crippen LogP contribution is 2.42. The van der Waals surface area contributed by atoms with Crippen LogP contribution in [0.2, 0.25) is 0 Å². The third-order valence-corrected chi connectivity index (χ3v) is 8.98. The quantitative estimate of drug-likeness (QED) is 0.240. The highest BCUT2D eigenvalue weighted by Gasteiger charge is 2.29. The molecular weight excluding hydrogens is 538 g/mol. The topological polar surface area (TPSA) is 52.7 Å². The third kappa shape index (κ3) is 6.67. The molecule has 0 saturated carbocycles. The highest BCUT2D eigenvalue weighted by atomic mass is 32.2. The molecule has 1 fully saturated rings. The fourth-order valence-corrected chi connectivity index (χ4v) is 6.70. The second-order valence-electron chi connectivity index (χ2n) is 11.1. The number of hydrogen-bond donors (Lipinski definition) is 1. The van der Waals surface area contributed by atoms with E-state index in [0.717, 1.165) is 54.2 Å².